The van der Waals surface area contributed by atoms with E-state index in [9.17, 15) is 18.0 Å². The number of carboxylic acids is 1. The summed E-state index contributed by atoms with van der Waals surface area (Å²) in [6, 6.07) is 7.85. The van der Waals surface area contributed by atoms with Gasteiger partial charge in [0.2, 0.25) is 10.0 Å². The third kappa shape index (κ3) is 4.54. The minimum absolute atomic E-state index is 0.236. The lowest BCUT2D eigenvalue weighted by Gasteiger charge is -2.22. The quantitative estimate of drug-likeness (QED) is 0.735. The molecule has 0 saturated heterocycles. The molecular formula is C12H15NO6S. The second-order valence-electron chi connectivity index (χ2n) is 3.88. The van der Waals surface area contributed by atoms with E-state index >= 15 is 0 Å². The number of hydrogen-bond donors (Lipinski definition) is 1. The number of nitrogens with zero attached hydrogens (tertiary/aromatic N) is 1. The molecule has 1 aromatic rings. The number of anilines is 1. The van der Waals surface area contributed by atoms with Crippen molar-refractivity contribution in [2.75, 3.05) is 23.7 Å². The third-order valence-electron chi connectivity index (χ3n) is 2.45. The molecule has 0 unspecified atom stereocenters. The van der Waals surface area contributed by atoms with Gasteiger partial charge in [0.1, 0.15) is 6.54 Å². The summed E-state index contributed by atoms with van der Waals surface area (Å²) in [5.41, 5.74) is 0.236. The van der Waals surface area contributed by atoms with Gasteiger partial charge in [0.15, 0.2) is 0 Å². The zero-order valence-electron chi connectivity index (χ0n) is 10.9. The van der Waals surface area contributed by atoms with Crippen LogP contribution in [0.2, 0.25) is 0 Å². The second-order valence-corrected chi connectivity index (χ2v) is 5.89. The summed E-state index contributed by atoms with van der Waals surface area (Å²) in [4.78, 5) is 21.8. The van der Waals surface area contributed by atoms with E-state index in [1.165, 1.54) is 12.1 Å². The number of carbonyl (C=O) groups is 2. The molecule has 0 atom stereocenters. The Balaban J connectivity index is 2.98. The number of methoxy groups -OCH3 is 1. The lowest BCUT2D eigenvalue weighted by Crippen LogP contribution is -2.37. The number of benzene rings is 1. The van der Waals surface area contributed by atoms with Crippen molar-refractivity contribution in [2.24, 2.45) is 0 Å². The number of sulfonamides is 1. The van der Waals surface area contributed by atoms with Gasteiger partial charge in [-0.3, -0.25) is 13.9 Å². The minimum Gasteiger partial charge on any atom is -0.480 e. The lowest BCUT2D eigenvalue weighted by molar-refractivity contribution is -0.140. The molecule has 0 spiro atoms. The van der Waals surface area contributed by atoms with Crippen molar-refractivity contribution in [1.82, 2.24) is 0 Å². The first-order chi connectivity index (χ1) is 9.36. The third-order valence-corrected chi connectivity index (χ3v) is 4.18. The minimum atomic E-state index is -3.92. The molecule has 20 heavy (non-hydrogen) atoms. The fourth-order valence-corrected chi connectivity index (χ4v) is 2.89. The van der Waals surface area contributed by atoms with Crippen LogP contribution in [0.25, 0.3) is 0 Å². The molecule has 0 amide bonds. The molecule has 1 aromatic carbocycles. The first-order valence-electron chi connectivity index (χ1n) is 5.71. The molecule has 8 heteroatoms. The van der Waals surface area contributed by atoms with Gasteiger partial charge in [0.05, 0.1) is 25.0 Å². The van der Waals surface area contributed by atoms with Crippen LogP contribution in [-0.4, -0.2) is 44.9 Å². The SMILES string of the molecule is COC(=O)CCS(=O)(=O)N(CC(=O)O)c1ccccc1. The van der Waals surface area contributed by atoms with E-state index in [0.29, 0.717) is 0 Å². The monoisotopic (exact) mass is 301 g/mol. The summed E-state index contributed by atoms with van der Waals surface area (Å²) in [5.74, 6) is -2.46. The van der Waals surface area contributed by atoms with Crippen molar-refractivity contribution in [1.29, 1.82) is 0 Å². The van der Waals surface area contributed by atoms with Crippen molar-refractivity contribution in [3.8, 4) is 0 Å². The van der Waals surface area contributed by atoms with Crippen molar-refractivity contribution < 1.29 is 27.9 Å². The maximum atomic E-state index is 12.1. The summed E-state index contributed by atoms with van der Waals surface area (Å²) in [6.07, 6.45) is -0.332. The zero-order valence-corrected chi connectivity index (χ0v) is 11.7. The predicted octanol–water partition coefficient (Wildman–Crippen LogP) is 0.471. The van der Waals surface area contributed by atoms with Crippen LogP contribution in [-0.2, 0) is 24.3 Å². The Kier molecular flexibility index (Phi) is 5.51. The van der Waals surface area contributed by atoms with E-state index < -0.39 is 34.3 Å². The van der Waals surface area contributed by atoms with Gasteiger partial charge < -0.3 is 9.84 Å². The number of aliphatic carboxylic acids is 1. The number of esters is 1. The van der Waals surface area contributed by atoms with Gasteiger partial charge in [-0.1, -0.05) is 18.2 Å². The second kappa shape index (κ2) is 6.90. The molecule has 0 aliphatic heterocycles. The van der Waals surface area contributed by atoms with E-state index in [-0.39, 0.29) is 12.1 Å². The van der Waals surface area contributed by atoms with E-state index in [0.717, 1.165) is 11.4 Å². The van der Waals surface area contributed by atoms with Gasteiger partial charge in [-0.15, -0.1) is 0 Å². The summed E-state index contributed by atoms with van der Waals surface area (Å²) in [5, 5.41) is 8.83. The van der Waals surface area contributed by atoms with Crippen LogP contribution in [0.4, 0.5) is 5.69 Å². The number of carbonyl (C=O) groups excluding carboxylic acids is 1. The highest BCUT2D eigenvalue weighted by Gasteiger charge is 2.25. The zero-order chi connectivity index (χ0) is 15.2. The Morgan fingerprint density at radius 1 is 1.25 bits per heavy atom. The van der Waals surface area contributed by atoms with E-state index in [2.05, 4.69) is 4.74 Å². The molecule has 110 valence electrons. The van der Waals surface area contributed by atoms with Crippen LogP contribution in [0.1, 0.15) is 6.42 Å². The van der Waals surface area contributed by atoms with E-state index in [4.69, 9.17) is 5.11 Å². The van der Waals surface area contributed by atoms with Gasteiger partial charge in [-0.25, -0.2) is 8.42 Å². The number of ether oxygens (including phenoxy) is 1. The van der Waals surface area contributed by atoms with Crippen molar-refractivity contribution in [3.63, 3.8) is 0 Å². The topological polar surface area (TPSA) is 101 Å². The molecule has 1 rings (SSSR count). The van der Waals surface area contributed by atoms with Gasteiger partial charge >= 0.3 is 11.9 Å². The van der Waals surface area contributed by atoms with Gasteiger partial charge in [-0.2, -0.15) is 0 Å². The highest BCUT2D eigenvalue weighted by atomic mass is 32.2. The normalized spacial score (nSPS) is 10.8. The summed E-state index contributed by atoms with van der Waals surface area (Å²) in [7, 11) is -2.77. The van der Waals surface area contributed by atoms with Crippen LogP contribution in [0.5, 0.6) is 0 Å². The highest BCUT2D eigenvalue weighted by molar-refractivity contribution is 7.92. The Bertz CT molecular complexity index is 569. The number of carboxylic acid groups (broad SMARTS) is 1. The lowest BCUT2D eigenvalue weighted by atomic mass is 10.3. The molecular weight excluding hydrogens is 286 g/mol. The average molecular weight is 301 g/mol. The predicted molar refractivity (Wildman–Crippen MR) is 71.8 cm³/mol. The number of hydrogen-bond acceptors (Lipinski definition) is 5. The maximum absolute atomic E-state index is 12.1. The molecule has 0 radical (unpaired) electrons. The van der Waals surface area contributed by atoms with Crippen molar-refractivity contribution in [3.05, 3.63) is 30.3 Å². The molecule has 0 bridgehead atoms. The Hall–Kier alpha value is -2.09. The summed E-state index contributed by atoms with van der Waals surface area (Å²) in [6.45, 7) is -0.701. The maximum Gasteiger partial charge on any atom is 0.324 e. The molecule has 0 aliphatic carbocycles. The van der Waals surface area contributed by atoms with Crippen LogP contribution in [0, 0.1) is 0 Å². The fraction of sp³-hybridized carbons (Fsp3) is 0.333. The van der Waals surface area contributed by atoms with Crippen molar-refractivity contribution in [2.45, 2.75) is 6.42 Å². The molecule has 1 N–H and O–H groups in total. The molecule has 0 aromatic heterocycles. The van der Waals surface area contributed by atoms with Gasteiger partial charge in [0, 0.05) is 0 Å². The van der Waals surface area contributed by atoms with E-state index in [1.54, 1.807) is 18.2 Å². The van der Waals surface area contributed by atoms with Crippen molar-refractivity contribution >= 4 is 27.6 Å². The molecule has 0 saturated carbocycles. The molecule has 0 heterocycles. The Labute approximate surface area is 116 Å². The smallest absolute Gasteiger partial charge is 0.324 e. The Morgan fingerprint density at radius 2 is 1.85 bits per heavy atom. The first-order valence-corrected chi connectivity index (χ1v) is 7.32. The van der Waals surface area contributed by atoms with Gasteiger partial charge in [-0.05, 0) is 12.1 Å². The highest BCUT2D eigenvalue weighted by Crippen LogP contribution is 2.18. The molecule has 0 aliphatic rings. The van der Waals surface area contributed by atoms with Crippen LogP contribution in [0.3, 0.4) is 0 Å². The standard InChI is InChI=1S/C12H15NO6S/c1-19-12(16)7-8-20(17,18)13(9-11(14)15)10-5-3-2-4-6-10/h2-6H,7-9H2,1H3,(H,14,15). The first kappa shape index (κ1) is 16.0. The van der Waals surface area contributed by atoms with Crippen LogP contribution in [0.15, 0.2) is 30.3 Å². The molecule has 7 nitrogen and oxygen atoms in total. The van der Waals surface area contributed by atoms with E-state index in [1.807, 2.05) is 0 Å². The van der Waals surface area contributed by atoms with Crippen LogP contribution < -0.4 is 4.31 Å². The molecule has 0 fully saturated rings. The summed E-state index contributed by atoms with van der Waals surface area (Å²) >= 11 is 0. The number of rotatable bonds is 7. The van der Waals surface area contributed by atoms with Gasteiger partial charge in [0.25, 0.3) is 0 Å². The largest absolute Gasteiger partial charge is 0.480 e. The Morgan fingerprint density at radius 3 is 2.35 bits per heavy atom. The van der Waals surface area contributed by atoms with Crippen LogP contribution >= 0.6 is 0 Å². The average Bonchev–Trinajstić information content (AvgIpc) is 2.43. The number of para-hydroxylation sites is 1. The summed E-state index contributed by atoms with van der Waals surface area (Å²) < 4.78 is 29.4. The fourth-order valence-electron chi connectivity index (χ4n) is 1.49.